The van der Waals surface area contributed by atoms with Gasteiger partial charge in [-0.05, 0) is 46.9 Å². The normalized spacial score (nSPS) is 18.3. The number of carbonyl (C=O) groups is 2. The van der Waals surface area contributed by atoms with Gasteiger partial charge in [0, 0.05) is 30.0 Å². The number of amides is 2. The Hall–Kier alpha value is -3.41. The van der Waals surface area contributed by atoms with Crippen LogP contribution in [0.1, 0.15) is 48.0 Å². The molecule has 0 unspecified atom stereocenters. The number of nitrogens with one attached hydrogen (secondary N) is 2. The molecule has 1 aliphatic heterocycles. The van der Waals surface area contributed by atoms with Crippen LogP contribution in [0.15, 0.2) is 72.8 Å². The zero-order chi connectivity index (χ0) is 29.7. The number of rotatable bonds is 13. The van der Waals surface area contributed by atoms with Crippen molar-refractivity contribution in [2.75, 3.05) is 31.3 Å². The zero-order valence-corrected chi connectivity index (χ0v) is 24.5. The monoisotopic (exact) mass is 594 g/mol. The molecule has 3 aromatic rings. The first-order chi connectivity index (χ1) is 20.5. The van der Waals surface area contributed by atoms with Gasteiger partial charge in [0.25, 0.3) is 0 Å². The highest BCUT2D eigenvalue weighted by Gasteiger charge is 2.32. The van der Waals surface area contributed by atoms with E-state index in [2.05, 4.69) is 16.7 Å². The van der Waals surface area contributed by atoms with Gasteiger partial charge in [-0.25, -0.2) is 4.79 Å². The summed E-state index contributed by atoms with van der Waals surface area (Å²) in [7, 11) is 0. The quantitative estimate of drug-likeness (QED) is 0.169. The van der Waals surface area contributed by atoms with Gasteiger partial charge >= 0.3 is 12.0 Å². The first-order valence-electron chi connectivity index (χ1n) is 14.0. The van der Waals surface area contributed by atoms with Crippen molar-refractivity contribution in [2.45, 2.75) is 45.0 Å². The molecular weight excluding hydrogens is 556 g/mol. The van der Waals surface area contributed by atoms with Crippen molar-refractivity contribution in [3.05, 3.63) is 95.1 Å². The van der Waals surface area contributed by atoms with E-state index in [1.54, 1.807) is 18.7 Å². The van der Waals surface area contributed by atoms with Crippen LogP contribution in [0.25, 0.3) is 11.1 Å². The van der Waals surface area contributed by atoms with Gasteiger partial charge in [-0.1, -0.05) is 60.7 Å². The van der Waals surface area contributed by atoms with Crippen LogP contribution in [0.4, 0.5) is 4.79 Å². The number of aliphatic hydroxyl groups is 2. The van der Waals surface area contributed by atoms with E-state index in [9.17, 15) is 19.8 Å². The third-order valence-corrected chi connectivity index (χ3v) is 7.80. The molecule has 10 heteroatoms. The van der Waals surface area contributed by atoms with Crippen molar-refractivity contribution in [1.82, 2.24) is 10.6 Å². The summed E-state index contributed by atoms with van der Waals surface area (Å²) < 4.78 is 17.7. The third kappa shape index (κ3) is 9.30. The largest absolute Gasteiger partial charge is 0.465 e. The minimum atomic E-state index is -0.575. The van der Waals surface area contributed by atoms with Crippen LogP contribution < -0.4 is 10.6 Å². The van der Waals surface area contributed by atoms with Crippen molar-refractivity contribution in [3.63, 3.8) is 0 Å². The van der Waals surface area contributed by atoms with E-state index in [4.69, 9.17) is 14.2 Å². The molecule has 0 bridgehead atoms. The van der Waals surface area contributed by atoms with E-state index in [-0.39, 0.29) is 38.6 Å². The minimum absolute atomic E-state index is 0.00923. The summed E-state index contributed by atoms with van der Waals surface area (Å²) in [4.78, 5) is 23.5. The highest BCUT2D eigenvalue weighted by atomic mass is 32.2. The number of aliphatic hydroxyl groups excluding tert-OH is 2. The molecular formula is C32H38N2O7S. The van der Waals surface area contributed by atoms with Gasteiger partial charge in [-0.3, -0.25) is 4.79 Å². The molecule has 0 aromatic heterocycles. The fraction of sp³-hybridized carbons (Fsp3) is 0.375. The molecule has 224 valence electrons. The topological polar surface area (TPSA) is 126 Å². The second-order valence-corrected chi connectivity index (χ2v) is 11.0. The van der Waals surface area contributed by atoms with Gasteiger partial charge in [0.1, 0.15) is 6.54 Å². The Morgan fingerprint density at radius 2 is 1.69 bits per heavy atom. The van der Waals surface area contributed by atoms with E-state index in [0.29, 0.717) is 18.7 Å². The summed E-state index contributed by atoms with van der Waals surface area (Å²) >= 11 is 1.65. The van der Waals surface area contributed by atoms with Crippen LogP contribution in [0, 0.1) is 0 Å². The Morgan fingerprint density at radius 3 is 2.43 bits per heavy atom. The van der Waals surface area contributed by atoms with Crippen LogP contribution >= 0.6 is 11.8 Å². The van der Waals surface area contributed by atoms with Gasteiger partial charge in [0.05, 0.1) is 32.0 Å². The minimum Gasteiger partial charge on any atom is -0.465 e. The predicted octanol–water partition coefficient (Wildman–Crippen LogP) is 4.48. The number of hydrogen-bond acceptors (Lipinski definition) is 8. The smallest absolute Gasteiger partial charge is 0.325 e. The number of ether oxygens (including phenoxy) is 3. The highest BCUT2D eigenvalue weighted by Crippen LogP contribution is 2.39. The van der Waals surface area contributed by atoms with E-state index < -0.39 is 18.3 Å². The number of benzene rings is 3. The summed E-state index contributed by atoms with van der Waals surface area (Å²) in [6.45, 7) is 2.19. The maximum atomic E-state index is 12.1. The van der Waals surface area contributed by atoms with Crippen molar-refractivity contribution in [1.29, 1.82) is 0 Å². The van der Waals surface area contributed by atoms with Crippen molar-refractivity contribution >= 4 is 23.8 Å². The molecule has 3 aromatic carbocycles. The molecule has 4 N–H and O–H groups in total. The first-order valence-corrected chi connectivity index (χ1v) is 15.2. The molecule has 0 spiro atoms. The second kappa shape index (κ2) is 16.3. The number of hydrogen-bond donors (Lipinski definition) is 4. The average molecular weight is 595 g/mol. The Kier molecular flexibility index (Phi) is 12.2. The Bertz CT molecular complexity index is 1300. The Labute approximate surface area is 250 Å². The van der Waals surface area contributed by atoms with Gasteiger partial charge in [0.15, 0.2) is 6.29 Å². The molecule has 0 radical (unpaired) electrons. The molecule has 4 rings (SSSR count). The first kappa shape index (κ1) is 31.5. The predicted molar refractivity (Wildman–Crippen MR) is 162 cm³/mol. The summed E-state index contributed by atoms with van der Waals surface area (Å²) in [5.74, 6) is 0.907. The summed E-state index contributed by atoms with van der Waals surface area (Å²) in [6, 6.07) is 23.3. The van der Waals surface area contributed by atoms with Crippen LogP contribution in [0.3, 0.4) is 0 Å². The van der Waals surface area contributed by atoms with Crippen molar-refractivity contribution < 1.29 is 34.0 Å². The summed E-state index contributed by atoms with van der Waals surface area (Å²) in [6.07, 6.45) is -0.121. The maximum Gasteiger partial charge on any atom is 0.325 e. The average Bonchev–Trinajstić information content (AvgIpc) is 3.03. The Balaban J connectivity index is 1.46. The number of thioether (sulfide) groups is 1. The van der Waals surface area contributed by atoms with E-state index in [1.807, 2.05) is 66.7 Å². The SMILES string of the molecule is CCOC(=O)CNC(=O)NCc1cccc(-c2cccc([C@@H]3O[C@H](CSCCO)C[C@H](c4ccc(CO)cc4)O3)c2)c1. The second-order valence-electron chi connectivity index (χ2n) is 9.82. The lowest BCUT2D eigenvalue weighted by Gasteiger charge is -2.36. The zero-order valence-electron chi connectivity index (χ0n) is 23.7. The van der Waals surface area contributed by atoms with Gasteiger partial charge in [-0.2, -0.15) is 11.8 Å². The number of carbonyl (C=O) groups excluding carboxylic acids is 2. The molecule has 0 saturated carbocycles. The van der Waals surface area contributed by atoms with Gasteiger partial charge in [0.2, 0.25) is 0 Å². The van der Waals surface area contributed by atoms with E-state index in [1.165, 1.54) is 0 Å². The van der Waals surface area contributed by atoms with Crippen LogP contribution in [-0.2, 0) is 32.2 Å². The van der Waals surface area contributed by atoms with Crippen molar-refractivity contribution in [2.24, 2.45) is 0 Å². The van der Waals surface area contributed by atoms with Gasteiger partial charge in [-0.15, -0.1) is 0 Å². The number of esters is 1. The lowest BCUT2D eigenvalue weighted by Crippen LogP contribution is -2.38. The highest BCUT2D eigenvalue weighted by molar-refractivity contribution is 7.99. The molecule has 1 aliphatic rings. The Morgan fingerprint density at radius 1 is 0.929 bits per heavy atom. The van der Waals surface area contributed by atoms with Crippen LogP contribution in [0.2, 0.25) is 0 Å². The maximum absolute atomic E-state index is 12.1. The van der Waals surface area contributed by atoms with Crippen LogP contribution in [-0.4, -0.2) is 59.6 Å². The third-order valence-electron chi connectivity index (χ3n) is 6.73. The molecule has 1 saturated heterocycles. The molecule has 1 fully saturated rings. The summed E-state index contributed by atoms with van der Waals surface area (Å²) in [5.41, 5.74) is 5.63. The number of urea groups is 1. The summed E-state index contributed by atoms with van der Waals surface area (Å²) in [5, 5.41) is 23.9. The molecule has 9 nitrogen and oxygen atoms in total. The van der Waals surface area contributed by atoms with Crippen molar-refractivity contribution in [3.8, 4) is 11.1 Å². The van der Waals surface area contributed by atoms with Gasteiger partial charge < -0.3 is 35.1 Å². The molecule has 42 heavy (non-hydrogen) atoms. The fourth-order valence-corrected chi connectivity index (χ4v) is 5.41. The molecule has 3 atom stereocenters. The lowest BCUT2D eigenvalue weighted by molar-refractivity contribution is -0.245. The standard InChI is InChI=1S/C32H38N2O7S/c1-2-39-30(37)19-34-32(38)33-18-23-5-3-6-25(15-23)26-7-4-8-27(16-26)31-40-28(21-42-14-13-35)17-29(41-31)24-11-9-22(20-36)10-12-24/h3-12,15-16,28-29,31,35-36H,2,13-14,17-21H2,1H3,(H2,33,34,38)/t28-,29+,31+/m0/s1. The molecule has 1 heterocycles. The molecule has 0 aliphatic carbocycles. The fourth-order valence-electron chi connectivity index (χ4n) is 4.64. The molecule has 2 amide bonds. The lowest BCUT2D eigenvalue weighted by atomic mass is 9.99. The van der Waals surface area contributed by atoms with E-state index in [0.717, 1.165) is 39.1 Å². The van der Waals surface area contributed by atoms with E-state index >= 15 is 0 Å². The van der Waals surface area contributed by atoms with Crippen LogP contribution in [0.5, 0.6) is 0 Å².